The summed E-state index contributed by atoms with van der Waals surface area (Å²) >= 11 is 0. The van der Waals surface area contributed by atoms with Crippen LogP contribution in [-0.4, -0.2) is 37.0 Å². The maximum atomic E-state index is 12.8. The topological polar surface area (TPSA) is 61.4 Å². The van der Waals surface area contributed by atoms with Gasteiger partial charge in [-0.25, -0.2) is 0 Å². The highest BCUT2D eigenvalue weighted by Crippen LogP contribution is 2.27. The lowest BCUT2D eigenvalue weighted by molar-refractivity contribution is 0.0924. The van der Waals surface area contributed by atoms with E-state index < -0.39 is 0 Å². The van der Waals surface area contributed by atoms with E-state index in [0.717, 1.165) is 18.5 Å². The van der Waals surface area contributed by atoms with Gasteiger partial charge < -0.3 is 15.5 Å². The van der Waals surface area contributed by atoms with Crippen LogP contribution in [0.25, 0.3) is 0 Å². The second-order valence-electron chi connectivity index (χ2n) is 7.56. The van der Waals surface area contributed by atoms with Crippen LogP contribution in [0.2, 0.25) is 0 Å². The maximum absolute atomic E-state index is 12.8. The van der Waals surface area contributed by atoms with Crippen LogP contribution in [-0.2, 0) is 0 Å². The van der Waals surface area contributed by atoms with Gasteiger partial charge in [-0.05, 0) is 56.0 Å². The van der Waals surface area contributed by atoms with Gasteiger partial charge in [0.15, 0.2) is 0 Å². The van der Waals surface area contributed by atoms with Crippen molar-refractivity contribution >= 4 is 17.5 Å². The number of benzene rings is 2. The number of hydrogen-bond acceptors (Lipinski definition) is 3. The third kappa shape index (κ3) is 3.88. The monoisotopic (exact) mass is 363 g/mol. The average molecular weight is 363 g/mol. The van der Waals surface area contributed by atoms with Gasteiger partial charge in [0.05, 0.1) is 0 Å². The molecule has 2 aliphatic rings. The number of piperidine rings is 1. The zero-order chi connectivity index (χ0) is 18.8. The van der Waals surface area contributed by atoms with E-state index >= 15 is 0 Å². The fraction of sp³-hybridized carbons (Fsp3) is 0.364. The molecule has 2 fully saturated rings. The van der Waals surface area contributed by atoms with Gasteiger partial charge in [-0.15, -0.1) is 0 Å². The second kappa shape index (κ2) is 7.53. The van der Waals surface area contributed by atoms with Crippen molar-refractivity contribution in [2.24, 2.45) is 0 Å². The van der Waals surface area contributed by atoms with Crippen LogP contribution in [0.1, 0.15) is 46.4 Å². The molecule has 5 nitrogen and oxygen atoms in total. The fourth-order valence-electron chi connectivity index (χ4n) is 4.20. The molecule has 2 unspecified atom stereocenters. The van der Waals surface area contributed by atoms with Gasteiger partial charge in [-0.3, -0.25) is 9.59 Å². The van der Waals surface area contributed by atoms with E-state index in [-0.39, 0.29) is 17.9 Å². The highest BCUT2D eigenvalue weighted by atomic mass is 16.2. The van der Waals surface area contributed by atoms with Crippen molar-refractivity contribution in [3.8, 4) is 0 Å². The molecule has 0 saturated carbocycles. The number of rotatable bonds is 4. The molecule has 2 N–H and O–H groups in total. The Kier molecular flexibility index (Phi) is 4.94. The minimum atomic E-state index is -0.129. The highest BCUT2D eigenvalue weighted by molar-refractivity contribution is 6.07. The molecule has 2 aromatic rings. The summed E-state index contributed by atoms with van der Waals surface area (Å²) < 4.78 is 0. The van der Waals surface area contributed by atoms with Gasteiger partial charge in [-0.1, -0.05) is 24.3 Å². The number of nitrogens with one attached hydrogen (secondary N) is 2. The molecular weight excluding hydrogens is 338 g/mol. The van der Waals surface area contributed by atoms with Crippen LogP contribution in [0.3, 0.4) is 0 Å². The first-order valence-electron chi connectivity index (χ1n) is 9.60. The van der Waals surface area contributed by atoms with Crippen molar-refractivity contribution < 1.29 is 9.59 Å². The number of nitrogens with zero attached hydrogens (tertiary/aromatic N) is 1. The Morgan fingerprint density at radius 2 is 1.63 bits per heavy atom. The summed E-state index contributed by atoms with van der Waals surface area (Å²) in [6.45, 7) is 0. The lowest BCUT2D eigenvalue weighted by atomic mass is 9.99. The molecular formula is C22H25N3O2. The Morgan fingerprint density at radius 3 is 2.33 bits per heavy atom. The Hall–Kier alpha value is -2.66. The molecule has 2 atom stereocenters. The van der Waals surface area contributed by atoms with Gasteiger partial charge in [-0.2, -0.15) is 0 Å². The van der Waals surface area contributed by atoms with E-state index in [4.69, 9.17) is 0 Å². The predicted molar refractivity (Wildman–Crippen MR) is 106 cm³/mol. The molecule has 27 heavy (non-hydrogen) atoms. The van der Waals surface area contributed by atoms with Crippen LogP contribution in [0.15, 0.2) is 54.6 Å². The Bertz CT molecular complexity index is 824. The van der Waals surface area contributed by atoms with E-state index in [9.17, 15) is 9.59 Å². The van der Waals surface area contributed by atoms with Crippen molar-refractivity contribution in [2.75, 3.05) is 11.9 Å². The Morgan fingerprint density at radius 1 is 0.963 bits per heavy atom. The third-order valence-electron chi connectivity index (χ3n) is 5.63. The van der Waals surface area contributed by atoms with Gasteiger partial charge in [0, 0.05) is 42.0 Å². The number of amides is 2. The van der Waals surface area contributed by atoms with Crippen molar-refractivity contribution in [1.29, 1.82) is 0 Å². The summed E-state index contributed by atoms with van der Waals surface area (Å²) in [5, 5.41) is 6.74. The lowest BCUT2D eigenvalue weighted by Crippen LogP contribution is -2.48. The van der Waals surface area contributed by atoms with Crippen molar-refractivity contribution in [2.45, 2.75) is 43.8 Å². The van der Waals surface area contributed by atoms with Crippen LogP contribution in [0.4, 0.5) is 5.69 Å². The first-order chi connectivity index (χ1) is 13.1. The smallest absolute Gasteiger partial charge is 0.258 e. The molecule has 0 radical (unpaired) electrons. The molecule has 140 valence electrons. The highest BCUT2D eigenvalue weighted by Gasteiger charge is 2.34. The van der Waals surface area contributed by atoms with Gasteiger partial charge >= 0.3 is 0 Å². The molecule has 5 heteroatoms. The molecule has 2 heterocycles. The van der Waals surface area contributed by atoms with Crippen molar-refractivity contribution in [1.82, 2.24) is 10.6 Å². The molecule has 0 spiro atoms. The van der Waals surface area contributed by atoms with E-state index in [1.54, 1.807) is 36.2 Å². The molecule has 0 aliphatic carbocycles. The van der Waals surface area contributed by atoms with Gasteiger partial charge in [0.1, 0.15) is 0 Å². The zero-order valence-corrected chi connectivity index (χ0v) is 15.5. The first-order valence-corrected chi connectivity index (χ1v) is 9.60. The van der Waals surface area contributed by atoms with Gasteiger partial charge in [0.25, 0.3) is 11.8 Å². The fourth-order valence-corrected chi connectivity index (χ4v) is 4.20. The Balaban J connectivity index is 1.45. The largest absolute Gasteiger partial charge is 0.349 e. The molecule has 2 amide bonds. The van der Waals surface area contributed by atoms with Crippen LogP contribution in [0, 0.1) is 0 Å². The molecule has 2 saturated heterocycles. The number of fused-ring (bicyclic) bond motifs is 2. The number of carbonyl (C=O) groups is 2. The lowest BCUT2D eigenvalue weighted by Gasteiger charge is -2.29. The number of anilines is 1. The van der Waals surface area contributed by atoms with Crippen LogP contribution >= 0.6 is 0 Å². The quantitative estimate of drug-likeness (QED) is 0.878. The number of carbonyl (C=O) groups excluding carboxylic acids is 2. The minimum absolute atomic E-state index is 0.0988. The summed E-state index contributed by atoms with van der Waals surface area (Å²) in [4.78, 5) is 27.1. The number of para-hydroxylation sites is 1. The summed E-state index contributed by atoms with van der Waals surface area (Å²) in [5.74, 6) is -0.228. The molecule has 4 rings (SSSR count). The molecule has 2 aromatic carbocycles. The van der Waals surface area contributed by atoms with Crippen LogP contribution < -0.4 is 15.5 Å². The second-order valence-corrected chi connectivity index (χ2v) is 7.56. The molecule has 2 bridgehead atoms. The van der Waals surface area contributed by atoms with Crippen molar-refractivity contribution in [3.05, 3.63) is 65.7 Å². The summed E-state index contributed by atoms with van der Waals surface area (Å²) in [6.07, 6.45) is 4.37. The normalized spacial score (nSPS) is 23.7. The number of hydrogen-bond donors (Lipinski definition) is 2. The summed E-state index contributed by atoms with van der Waals surface area (Å²) in [6, 6.07) is 17.7. The zero-order valence-electron chi connectivity index (χ0n) is 15.5. The van der Waals surface area contributed by atoms with E-state index in [1.165, 1.54) is 12.8 Å². The van der Waals surface area contributed by atoms with Crippen molar-refractivity contribution in [3.63, 3.8) is 0 Å². The SMILES string of the molecule is CN(C(=O)c1cccc(C(=O)NC2CC3CCC(C2)N3)c1)c1ccccc1. The summed E-state index contributed by atoms with van der Waals surface area (Å²) in [7, 11) is 1.75. The van der Waals surface area contributed by atoms with Crippen LogP contribution in [0.5, 0.6) is 0 Å². The van der Waals surface area contributed by atoms with E-state index in [2.05, 4.69) is 10.6 Å². The van der Waals surface area contributed by atoms with E-state index in [0.29, 0.717) is 23.2 Å². The third-order valence-corrected chi connectivity index (χ3v) is 5.63. The van der Waals surface area contributed by atoms with E-state index in [1.807, 2.05) is 30.3 Å². The summed E-state index contributed by atoms with van der Waals surface area (Å²) in [5.41, 5.74) is 1.87. The Labute approximate surface area is 159 Å². The van der Waals surface area contributed by atoms with Gasteiger partial charge in [0.2, 0.25) is 0 Å². The standard InChI is InChI=1S/C22H25N3O2/c1-25(20-8-3-2-4-9-20)22(27)16-7-5-6-15(12-16)21(26)24-19-13-17-10-11-18(14-19)23-17/h2-9,12,17-19,23H,10-11,13-14H2,1H3,(H,24,26). The molecule has 2 aliphatic heterocycles. The predicted octanol–water partition coefficient (Wildman–Crippen LogP) is 2.98. The first kappa shape index (κ1) is 17.7. The molecule has 0 aromatic heterocycles. The minimum Gasteiger partial charge on any atom is -0.349 e. The maximum Gasteiger partial charge on any atom is 0.258 e. The average Bonchev–Trinajstić information content (AvgIpc) is 3.05.